The van der Waals surface area contributed by atoms with E-state index in [-0.39, 0.29) is 5.75 Å². The van der Waals surface area contributed by atoms with Gasteiger partial charge in [-0.1, -0.05) is 17.7 Å². The first-order valence-electron chi connectivity index (χ1n) is 5.89. The van der Waals surface area contributed by atoms with Crippen LogP contribution in [0.3, 0.4) is 0 Å². The first-order chi connectivity index (χ1) is 10.0. The van der Waals surface area contributed by atoms with Crippen LogP contribution in [-0.2, 0) is 0 Å². The predicted molar refractivity (Wildman–Crippen MR) is 92.0 cm³/mol. The number of nitrogens with zero attached hydrogens (tertiary/aromatic N) is 1. The van der Waals surface area contributed by atoms with Crippen LogP contribution in [0.4, 0.5) is 10.5 Å². The van der Waals surface area contributed by atoms with Crippen molar-refractivity contribution in [3.05, 3.63) is 56.6 Å². The Morgan fingerprint density at radius 3 is 2.81 bits per heavy atom. The van der Waals surface area contributed by atoms with E-state index in [2.05, 4.69) is 15.8 Å². The van der Waals surface area contributed by atoms with E-state index >= 15 is 0 Å². The summed E-state index contributed by atoms with van der Waals surface area (Å²) in [6, 6.07) is 11.3. The lowest BCUT2D eigenvalue weighted by atomic mass is 10.2. The summed E-state index contributed by atoms with van der Waals surface area (Å²) in [4.78, 5) is 11.6. The van der Waals surface area contributed by atoms with Crippen LogP contribution in [0.5, 0.6) is 5.75 Å². The lowest BCUT2D eigenvalue weighted by Gasteiger charge is -2.04. The van der Waals surface area contributed by atoms with Gasteiger partial charge in [-0.25, -0.2) is 10.2 Å². The van der Waals surface area contributed by atoms with Gasteiger partial charge >= 0.3 is 6.03 Å². The summed E-state index contributed by atoms with van der Waals surface area (Å²) < 4.78 is 0.708. The molecule has 0 fully saturated rings. The molecule has 2 aromatic rings. The first kappa shape index (κ1) is 15.6. The smallest absolute Gasteiger partial charge is 0.339 e. The zero-order chi connectivity index (χ0) is 15.2. The fourth-order valence-corrected chi connectivity index (χ4v) is 2.22. The maximum atomic E-state index is 11.6. The number of aromatic hydroxyl groups is 1. The van der Waals surface area contributed by atoms with Crippen molar-refractivity contribution >= 4 is 52.1 Å². The number of amides is 2. The molecule has 2 rings (SSSR count). The summed E-state index contributed by atoms with van der Waals surface area (Å²) in [6.07, 6.45) is 1.49. The fourth-order valence-electron chi connectivity index (χ4n) is 1.49. The topological polar surface area (TPSA) is 73.7 Å². The molecule has 0 radical (unpaired) electrons. The highest BCUT2D eigenvalue weighted by Gasteiger charge is 2.01. The van der Waals surface area contributed by atoms with Crippen molar-refractivity contribution in [3.63, 3.8) is 0 Å². The van der Waals surface area contributed by atoms with Gasteiger partial charge in [0, 0.05) is 10.7 Å². The first-order valence-corrected chi connectivity index (χ1v) is 7.34. The number of hydrogen-bond acceptors (Lipinski definition) is 3. The average Bonchev–Trinajstić information content (AvgIpc) is 2.43. The van der Waals surface area contributed by atoms with Crippen LogP contribution in [0.15, 0.2) is 47.6 Å². The minimum atomic E-state index is -0.470. The van der Waals surface area contributed by atoms with Crippen LogP contribution in [0.25, 0.3) is 0 Å². The Labute approximate surface area is 140 Å². The third kappa shape index (κ3) is 4.91. The zero-order valence-corrected chi connectivity index (χ0v) is 13.6. The summed E-state index contributed by atoms with van der Waals surface area (Å²) >= 11 is 7.83. The van der Waals surface area contributed by atoms with Gasteiger partial charge in [0.15, 0.2) is 0 Å². The van der Waals surface area contributed by atoms with E-state index in [1.54, 1.807) is 42.5 Å². The van der Waals surface area contributed by atoms with E-state index in [0.717, 1.165) is 5.56 Å². The molecule has 108 valence electrons. The van der Waals surface area contributed by atoms with Gasteiger partial charge in [-0.05, 0) is 64.6 Å². The number of anilines is 1. The van der Waals surface area contributed by atoms with Crippen LogP contribution < -0.4 is 10.7 Å². The molecule has 2 aromatic carbocycles. The molecule has 0 unspecified atom stereocenters. The van der Waals surface area contributed by atoms with Crippen LogP contribution in [0.2, 0.25) is 5.02 Å². The van der Waals surface area contributed by atoms with E-state index in [0.29, 0.717) is 14.3 Å². The summed E-state index contributed by atoms with van der Waals surface area (Å²) in [5, 5.41) is 16.4. The van der Waals surface area contributed by atoms with Crippen LogP contribution >= 0.6 is 34.2 Å². The normalized spacial score (nSPS) is 10.6. The Morgan fingerprint density at radius 1 is 1.29 bits per heavy atom. The SMILES string of the molecule is O=C(N/N=C/c1ccc(O)c(I)c1)Nc1cccc(Cl)c1. The number of rotatable bonds is 3. The molecule has 2 amide bonds. The predicted octanol–water partition coefficient (Wildman–Crippen LogP) is 3.81. The van der Waals surface area contributed by atoms with Crippen molar-refractivity contribution in [1.29, 1.82) is 0 Å². The molecular weight excluding hydrogens is 405 g/mol. The Balaban J connectivity index is 1.91. The van der Waals surface area contributed by atoms with Crippen molar-refractivity contribution in [1.82, 2.24) is 5.43 Å². The second-order valence-corrected chi connectivity index (χ2v) is 5.64. The number of hydrogen-bond donors (Lipinski definition) is 3. The van der Waals surface area contributed by atoms with E-state index in [1.807, 2.05) is 22.6 Å². The van der Waals surface area contributed by atoms with Crippen molar-refractivity contribution in [2.24, 2.45) is 5.10 Å². The zero-order valence-electron chi connectivity index (χ0n) is 10.7. The highest BCUT2D eigenvalue weighted by atomic mass is 127. The fraction of sp³-hybridized carbons (Fsp3) is 0. The molecule has 0 aliphatic rings. The number of nitrogens with one attached hydrogen (secondary N) is 2. The maximum absolute atomic E-state index is 11.6. The average molecular weight is 416 g/mol. The molecule has 5 nitrogen and oxygen atoms in total. The van der Waals surface area contributed by atoms with Gasteiger partial charge in [0.2, 0.25) is 0 Å². The van der Waals surface area contributed by atoms with Crippen molar-refractivity contribution in [3.8, 4) is 5.75 Å². The van der Waals surface area contributed by atoms with Gasteiger partial charge in [0.1, 0.15) is 5.75 Å². The van der Waals surface area contributed by atoms with Gasteiger partial charge in [-0.3, -0.25) is 0 Å². The Bertz CT molecular complexity index is 692. The standard InChI is InChI=1S/C14H11ClIN3O2/c15-10-2-1-3-11(7-10)18-14(21)19-17-8-9-4-5-13(20)12(16)6-9/h1-8,20H,(H2,18,19,21)/b17-8+. The second-order valence-electron chi connectivity index (χ2n) is 4.05. The van der Waals surface area contributed by atoms with Crippen LogP contribution in [0, 0.1) is 3.57 Å². The largest absolute Gasteiger partial charge is 0.507 e. The molecule has 0 saturated heterocycles. The lowest BCUT2D eigenvalue weighted by Crippen LogP contribution is -2.24. The van der Waals surface area contributed by atoms with Gasteiger partial charge in [0.05, 0.1) is 9.78 Å². The third-order valence-corrected chi connectivity index (χ3v) is 3.53. The van der Waals surface area contributed by atoms with Gasteiger partial charge in [0.25, 0.3) is 0 Å². The molecule has 0 aliphatic heterocycles. The highest BCUT2D eigenvalue weighted by Crippen LogP contribution is 2.19. The second kappa shape index (κ2) is 7.28. The van der Waals surface area contributed by atoms with E-state index in [9.17, 15) is 9.90 Å². The van der Waals surface area contributed by atoms with Crippen molar-refractivity contribution < 1.29 is 9.90 Å². The summed E-state index contributed by atoms with van der Waals surface area (Å²) in [5.74, 6) is 0.208. The number of urea groups is 1. The van der Waals surface area contributed by atoms with Crippen LogP contribution in [-0.4, -0.2) is 17.4 Å². The molecule has 0 aliphatic carbocycles. The van der Waals surface area contributed by atoms with Gasteiger partial charge in [-0.2, -0.15) is 5.10 Å². The minimum absolute atomic E-state index is 0.208. The van der Waals surface area contributed by atoms with Crippen molar-refractivity contribution in [2.45, 2.75) is 0 Å². The monoisotopic (exact) mass is 415 g/mol. The molecule has 0 saturated carbocycles. The minimum Gasteiger partial charge on any atom is -0.507 e. The van der Waals surface area contributed by atoms with Gasteiger partial charge in [-0.15, -0.1) is 0 Å². The number of hydrazone groups is 1. The van der Waals surface area contributed by atoms with Crippen LogP contribution in [0.1, 0.15) is 5.56 Å². The Morgan fingerprint density at radius 2 is 2.10 bits per heavy atom. The molecule has 0 heterocycles. The summed E-state index contributed by atoms with van der Waals surface area (Å²) in [5.41, 5.74) is 3.69. The molecule has 0 aromatic heterocycles. The quantitative estimate of drug-likeness (QED) is 0.405. The number of carbonyl (C=O) groups excluding carboxylic acids is 1. The maximum Gasteiger partial charge on any atom is 0.339 e. The number of phenolic OH excluding ortho intramolecular Hbond substituents is 1. The molecule has 0 bridgehead atoms. The van der Waals surface area contributed by atoms with E-state index in [1.165, 1.54) is 6.21 Å². The highest BCUT2D eigenvalue weighted by molar-refractivity contribution is 14.1. The number of halogens is 2. The molecule has 21 heavy (non-hydrogen) atoms. The Hall–Kier alpha value is -1.80. The molecule has 0 spiro atoms. The molecule has 0 atom stereocenters. The molecule has 7 heteroatoms. The summed E-state index contributed by atoms with van der Waals surface area (Å²) in [7, 11) is 0. The van der Waals surface area contributed by atoms with Crippen molar-refractivity contribution in [2.75, 3.05) is 5.32 Å². The Kier molecular flexibility index (Phi) is 5.40. The summed E-state index contributed by atoms with van der Waals surface area (Å²) in [6.45, 7) is 0. The number of phenols is 1. The van der Waals surface area contributed by atoms with E-state index < -0.39 is 6.03 Å². The van der Waals surface area contributed by atoms with E-state index in [4.69, 9.17) is 11.6 Å². The number of benzene rings is 2. The number of carbonyl (C=O) groups is 1. The lowest BCUT2D eigenvalue weighted by molar-refractivity contribution is 0.252. The molecular formula is C14H11ClIN3O2. The molecule has 3 N–H and O–H groups in total. The third-order valence-electron chi connectivity index (χ3n) is 2.43. The van der Waals surface area contributed by atoms with Gasteiger partial charge < -0.3 is 10.4 Å².